The van der Waals surface area contributed by atoms with Crippen LogP contribution in [-0.2, 0) is 32.0 Å². The Morgan fingerprint density at radius 2 is 1.67 bits per heavy atom. The number of esters is 1. The lowest BCUT2D eigenvalue weighted by molar-refractivity contribution is -0.123. The topological polar surface area (TPSA) is 111 Å². The molecule has 3 aromatic rings. The molecule has 1 N–H and O–H groups in total. The lowest BCUT2D eigenvalue weighted by atomic mass is 10.0. The van der Waals surface area contributed by atoms with Crippen molar-refractivity contribution < 1.29 is 33.4 Å². The van der Waals surface area contributed by atoms with E-state index in [1.165, 1.54) is 6.20 Å². The summed E-state index contributed by atoms with van der Waals surface area (Å²) in [7, 11) is 0. The lowest BCUT2D eigenvalue weighted by Gasteiger charge is -2.22. The van der Waals surface area contributed by atoms with E-state index in [1.54, 1.807) is 51.1 Å². The van der Waals surface area contributed by atoms with Crippen molar-refractivity contribution in [3.63, 3.8) is 0 Å². The van der Waals surface area contributed by atoms with Gasteiger partial charge in [0, 0.05) is 6.20 Å². The molecule has 0 spiro atoms. The molecule has 0 radical (unpaired) electrons. The van der Waals surface area contributed by atoms with E-state index >= 15 is 0 Å². The number of amides is 3. The summed E-state index contributed by atoms with van der Waals surface area (Å²) in [6.07, 6.45) is 0.133. The van der Waals surface area contributed by atoms with Crippen LogP contribution in [0.15, 0.2) is 79.0 Å². The Morgan fingerprint density at radius 3 is 2.33 bits per heavy atom. The maximum absolute atomic E-state index is 13.9. The highest BCUT2D eigenvalue weighted by molar-refractivity contribution is 6.23. The standard InChI is InChI=1S/C34H36N2O7/c1-22-11-16-28(23(2)17-22)31(38)41-20-25-12-14-26(15-13-25)29(19-35-32(39)43-34(3,4)5)30(37)36-27(21-42-33(36)40)18-24-9-7-6-8-10-24/h6-17,19,27H,18,20-21H2,1-5H3,(H,35,39)/b29-19+/t27-/m1/s1. The first-order valence-electron chi connectivity index (χ1n) is 14.0. The SMILES string of the molecule is Cc1ccc(C(=O)OCc2ccc(/C(=C\NC(=O)OC(C)(C)C)C(=O)N3C(=O)OC[C@H]3Cc3ccccc3)cc2)c(C)c1. The van der Waals surface area contributed by atoms with Gasteiger partial charge < -0.3 is 14.2 Å². The Labute approximate surface area is 251 Å². The van der Waals surface area contributed by atoms with Crippen molar-refractivity contribution >= 4 is 29.6 Å². The van der Waals surface area contributed by atoms with Crippen LogP contribution in [-0.4, -0.2) is 47.2 Å². The van der Waals surface area contributed by atoms with Crippen LogP contribution in [0, 0.1) is 13.8 Å². The van der Waals surface area contributed by atoms with Gasteiger partial charge in [0.15, 0.2) is 0 Å². The van der Waals surface area contributed by atoms with Crippen LogP contribution < -0.4 is 5.32 Å². The van der Waals surface area contributed by atoms with E-state index in [4.69, 9.17) is 14.2 Å². The van der Waals surface area contributed by atoms with Crippen LogP contribution in [0.4, 0.5) is 9.59 Å². The van der Waals surface area contributed by atoms with E-state index in [0.29, 0.717) is 23.1 Å². The predicted molar refractivity (Wildman–Crippen MR) is 161 cm³/mol. The zero-order valence-electron chi connectivity index (χ0n) is 25.0. The van der Waals surface area contributed by atoms with Crippen LogP contribution >= 0.6 is 0 Å². The first-order chi connectivity index (χ1) is 20.4. The fraction of sp³-hybridized carbons (Fsp3) is 0.294. The molecule has 43 heavy (non-hydrogen) atoms. The molecule has 3 aromatic carbocycles. The van der Waals surface area contributed by atoms with Crippen LogP contribution in [0.3, 0.4) is 0 Å². The smallest absolute Gasteiger partial charge is 0.417 e. The number of ether oxygens (including phenoxy) is 3. The second-order valence-corrected chi connectivity index (χ2v) is 11.4. The third-order valence-electron chi connectivity index (χ3n) is 6.69. The Hall–Kier alpha value is -4.92. The minimum atomic E-state index is -0.760. The molecule has 0 aliphatic carbocycles. The number of hydrogen-bond donors (Lipinski definition) is 1. The van der Waals surface area contributed by atoms with E-state index in [-0.39, 0.29) is 18.8 Å². The molecule has 3 amide bonds. The van der Waals surface area contributed by atoms with E-state index in [0.717, 1.165) is 21.6 Å². The normalized spacial score (nSPS) is 15.1. The van der Waals surface area contributed by atoms with Gasteiger partial charge in [-0.1, -0.05) is 72.3 Å². The van der Waals surface area contributed by atoms with Gasteiger partial charge in [0.2, 0.25) is 0 Å². The summed E-state index contributed by atoms with van der Waals surface area (Å²) < 4.78 is 16.1. The van der Waals surface area contributed by atoms with Crippen LogP contribution in [0.5, 0.6) is 0 Å². The second kappa shape index (κ2) is 13.4. The predicted octanol–water partition coefficient (Wildman–Crippen LogP) is 6.12. The Kier molecular flexibility index (Phi) is 9.65. The summed E-state index contributed by atoms with van der Waals surface area (Å²) in [5.41, 5.74) is 3.75. The van der Waals surface area contributed by atoms with Crippen molar-refractivity contribution in [1.29, 1.82) is 0 Å². The van der Waals surface area contributed by atoms with Gasteiger partial charge in [-0.05, 0) is 69.4 Å². The molecule has 0 bridgehead atoms. The van der Waals surface area contributed by atoms with Crippen LogP contribution in [0.2, 0.25) is 0 Å². The van der Waals surface area contributed by atoms with Gasteiger partial charge in [-0.2, -0.15) is 0 Å². The number of benzene rings is 3. The fourth-order valence-corrected chi connectivity index (χ4v) is 4.63. The highest BCUT2D eigenvalue weighted by Crippen LogP contribution is 2.25. The van der Waals surface area contributed by atoms with Gasteiger partial charge >= 0.3 is 18.2 Å². The number of rotatable bonds is 8. The van der Waals surface area contributed by atoms with Crippen molar-refractivity contribution in [1.82, 2.24) is 10.2 Å². The number of nitrogens with one attached hydrogen (secondary N) is 1. The molecule has 1 aliphatic rings. The number of carbonyl (C=O) groups excluding carboxylic acids is 4. The number of cyclic esters (lactones) is 1. The molecule has 9 nitrogen and oxygen atoms in total. The maximum Gasteiger partial charge on any atom is 0.417 e. The number of aryl methyl sites for hydroxylation is 2. The second-order valence-electron chi connectivity index (χ2n) is 11.4. The summed E-state index contributed by atoms with van der Waals surface area (Å²) in [6.45, 7) is 9.06. The summed E-state index contributed by atoms with van der Waals surface area (Å²) in [4.78, 5) is 52.7. The molecule has 224 valence electrons. The summed E-state index contributed by atoms with van der Waals surface area (Å²) in [5, 5.41) is 2.51. The quantitative estimate of drug-likeness (QED) is 0.193. The fourth-order valence-electron chi connectivity index (χ4n) is 4.63. The molecular formula is C34H36N2O7. The first-order valence-corrected chi connectivity index (χ1v) is 14.0. The summed E-state index contributed by atoms with van der Waals surface area (Å²) >= 11 is 0. The molecule has 0 saturated carbocycles. The monoisotopic (exact) mass is 584 g/mol. The van der Waals surface area contributed by atoms with Gasteiger partial charge in [-0.15, -0.1) is 0 Å². The van der Waals surface area contributed by atoms with E-state index < -0.39 is 35.7 Å². The average molecular weight is 585 g/mol. The zero-order valence-corrected chi connectivity index (χ0v) is 25.0. The molecule has 4 rings (SSSR count). The van der Waals surface area contributed by atoms with Crippen molar-refractivity contribution in [2.24, 2.45) is 0 Å². The summed E-state index contributed by atoms with van der Waals surface area (Å²) in [5.74, 6) is -1.07. The van der Waals surface area contributed by atoms with Gasteiger partial charge in [0.05, 0.1) is 17.2 Å². The molecule has 0 unspecified atom stereocenters. The van der Waals surface area contributed by atoms with Crippen molar-refractivity contribution in [2.45, 2.75) is 59.3 Å². The molecule has 0 aromatic heterocycles. The summed E-state index contributed by atoms with van der Waals surface area (Å²) in [6, 6.07) is 21.2. The molecule has 1 atom stereocenters. The zero-order chi connectivity index (χ0) is 31.1. The molecular weight excluding hydrogens is 548 g/mol. The van der Waals surface area contributed by atoms with Crippen molar-refractivity contribution in [2.75, 3.05) is 6.61 Å². The Balaban J connectivity index is 1.55. The Morgan fingerprint density at radius 1 is 0.977 bits per heavy atom. The molecule has 1 aliphatic heterocycles. The van der Waals surface area contributed by atoms with Crippen molar-refractivity contribution in [3.8, 4) is 0 Å². The average Bonchev–Trinajstić information content (AvgIpc) is 3.31. The minimum absolute atomic E-state index is 0.0210. The van der Waals surface area contributed by atoms with E-state index in [9.17, 15) is 19.2 Å². The van der Waals surface area contributed by atoms with Gasteiger partial charge in [-0.3, -0.25) is 10.1 Å². The van der Waals surface area contributed by atoms with Crippen LogP contribution in [0.1, 0.15) is 58.9 Å². The molecule has 9 heteroatoms. The minimum Gasteiger partial charge on any atom is -0.457 e. The first kappa shape index (κ1) is 31.0. The van der Waals surface area contributed by atoms with E-state index in [2.05, 4.69) is 5.32 Å². The number of alkyl carbamates (subject to hydrolysis) is 1. The third-order valence-corrected chi connectivity index (χ3v) is 6.69. The lowest BCUT2D eigenvalue weighted by Crippen LogP contribution is -2.41. The Bertz CT molecular complexity index is 1520. The number of hydrogen-bond acceptors (Lipinski definition) is 7. The van der Waals surface area contributed by atoms with Gasteiger partial charge in [0.1, 0.15) is 18.8 Å². The van der Waals surface area contributed by atoms with Gasteiger partial charge in [-0.25, -0.2) is 19.3 Å². The highest BCUT2D eigenvalue weighted by atomic mass is 16.6. The molecule has 1 saturated heterocycles. The highest BCUT2D eigenvalue weighted by Gasteiger charge is 2.39. The number of imide groups is 1. The molecule has 1 fully saturated rings. The number of carbonyl (C=O) groups is 4. The number of nitrogens with zero attached hydrogens (tertiary/aromatic N) is 1. The van der Waals surface area contributed by atoms with Crippen LogP contribution in [0.25, 0.3) is 5.57 Å². The van der Waals surface area contributed by atoms with Gasteiger partial charge in [0.25, 0.3) is 5.91 Å². The van der Waals surface area contributed by atoms with E-state index in [1.807, 2.05) is 56.3 Å². The van der Waals surface area contributed by atoms with Crippen molar-refractivity contribution in [3.05, 3.63) is 112 Å². The largest absolute Gasteiger partial charge is 0.457 e. The maximum atomic E-state index is 13.9. The molecule has 1 heterocycles. The third kappa shape index (κ3) is 8.31.